The Balaban J connectivity index is 1.48. The molecule has 0 radical (unpaired) electrons. The molecule has 1 N–H and O–H groups in total. The summed E-state index contributed by atoms with van der Waals surface area (Å²) in [6, 6.07) is 0. The summed E-state index contributed by atoms with van der Waals surface area (Å²) in [5, 5.41) is 5.35. The third-order valence-corrected chi connectivity index (χ3v) is 3.70. The quantitative estimate of drug-likeness (QED) is 0.907. The van der Waals surface area contributed by atoms with Crippen LogP contribution in [-0.2, 0) is 16.1 Å². The Morgan fingerprint density at radius 2 is 2.56 bits per heavy atom. The number of ether oxygens (including phenoxy) is 2. The summed E-state index contributed by atoms with van der Waals surface area (Å²) in [6.07, 6.45) is 4.43. The average Bonchev–Trinajstić information content (AvgIpc) is 2.89. The predicted molar refractivity (Wildman–Crippen MR) is 69.9 cm³/mol. The van der Waals surface area contributed by atoms with Gasteiger partial charge in [0.15, 0.2) is 4.96 Å². The van der Waals surface area contributed by atoms with Gasteiger partial charge < -0.3 is 14.8 Å². The van der Waals surface area contributed by atoms with Crippen molar-refractivity contribution in [3.8, 4) is 0 Å². The molecule has 1 fully saturated rings. The van der Waals surface area contributed by atoms with Gasteiger partial charge in [-0.15, -0.1) is 11.3 Å². The van der Waals surface area contributed by atoms with Crippen LogP contribution in [0.3, 0.4) is 0 Å². The molecule has 0 spiro atoms. The van der Waals surface area contributed by atoms with Crippen LogP contribution in [0.2, 0.25) is 0 Å². The largest absolute Gasteiger partial charge is 0.372 e. The Bertz CT molecular complexity index is 482. The number of nitrogens with one attached hydrogen (secondary N) is 1. The number of hydrogen-bond acceptors (Lipinski definition) is 5. The molecule has 5 nitrogen and oxygen atoms in total. The lowest BCUT2D eigenvalue weighted by Gasteiger charge is -2.28. The summed E-state index contributed by atoms with van der Waals surface area (Å²) in [6.45, 7) is 5.02. The van der Waals surface area contributed by atoms with Gasteiger partial charge in [-0.05, 0) is 6.92 Å². The average molecular weight is 267 g/mol. The number of morpholine rings is 1. The van der Waals surface area contributed by atoms with Gasteiger partial charge >= 0.3 is 0 Å². The molecule has 2 atom stereocenters. The van der Waals surface area contributed by atoms with Crippen molar-refractivity contribution in [3.05, 3.63) is 23.5 Å². The normalized spacial score (nSPS) is 24.7. The highest BCUT2D eigenvalue weighted by Gasteiger charge is 2.18. The second-order valence-electron chi connectivity index (χ2n) is 4.57. The molecule has 0 saturated carbocycles. The van der Waals surface area contributed by atoms with E-state index in [9.17, 15) is 0 Å². The van der Waals surface area contributed by atoms with Crippen molar-refractivity contribution in [1.29, 1.82) is 0 Å². The fraction of sp³-hybridized carbons (Fsp3) is 0.583. The predicted octanol–water partition coefficient (Wildman–Crippen LogP) is 1.29. The maximum absolute atomic E-state index is 5.76. The second-order valence-corrected chi connectivity index (χ2v) is 5.44. The monoisotopic (exact) mass is 267 g/mol. The Morgan fingerprint density at radius 1 is 1.61 bits per heavy atom. The van der Waals surface area contributed by atoms with E-state index in [2.05, 4.69) is 17.2 Å². The minimum absolute atomic E-state index is 0.150. The maximum atomic E-state index is 5.76. The maximum Gasteiger partial charge on any atom is 0.193 e. The first-order valence-corrected chi connectivity index (χ1v) is 7.04. The number of hydrogen-bond donors (Lipinski definition) is 1. The Morgan fingerprint density at radius 3 is 3.39 bits per heavy atom. The van der Waals surface area contributed by atoms with Crippen molar-refractivity contribution in [1.82, 2.24) is 14.7 Å². The molecule has 3 rings (SSSR count). The van der Waals surface area contributed by atoms with Gasteiger partial charge in [0.2, 0.25) is 0 Å². The van der Waals surface area contributed by atoms with Gasteiger partial charge in [-0.1, -0.05) is 0 Å². The Kier molecular flexibility index (Phi) is 3.60. The molecule has 3 heterocycles. The highest BCUT2D eigenvalue weighted by Crippen LogP contribution is 2.12. The first-order chi connectivity index (χ1) is 8.81. The third-order valence-electron chi connectivity index (χ3n) is 2.93. The highest BCUT2D eigenvalue weighted by atomic mass is 32.1. The van der Waals surface area contributed by atoms with Crippen LogP contribution in [0.25, 0.3) is 4.96 Å². The number of thiazole rings is 1. The molecule has 0 aliphatic carbocycles. The molecule has 2 unspecified atom stereocenters. The van der Waals surface area contributed by atoms with Crippen molar-refractivity contribution < 1.29 is 9.47 Å². The van der Waals surface area contributed by atoms with Gasteiger partial charge in [0.25, 0.3) is 0 Å². The van der Waals surface area contributed by atoms with Gasteiger partial charge in [0, 0.05) is 30.9 Å². The summed E-state index contributed by atoms with van der Waals surface area (Å²) in [7, 11) is 0. The second kappa shape index (κ2) is 5.36. The van der Waals surface area contributed by atoms with E-state index in [1.807, 2.05) is 22.2 Å². The smallest absolute Gasteiger partial charge is 0.193 e. The van der Waals surface area contributed by atoms with E-state index >= 15 is 0 Å². The third kappa shape index (κ3) is 2.72. The standard InChI is InChI=1S/C12H17N3O2S/c1-9-4-13-5-11(17-9)8-16-7-10-6-15-2-3-18-12(15)14-10/h2-3,6,9,11,13H,4-5,7-8H2,1H3. The summed E-state index contributed by atoms with van der Waals surface area (Å²) >= 11 is 1.63. The minimum atomic E-state index is 0.150. The molecule has 98 valence electrons. The molecule has 0 amide bonds. The van der Waals surface area contributed by atoms with E-state index in [1.165, 1.54) is 0 Å². The molecule has 1 aliphatic heterocycles. The molecule has 0 aromatic carbocycles. The summed E-state index contributed by atoms with van der Waals surface area (Å²) < 4.78 is 13.4. The number of rotatable bonds is 4. The summed E-state index contributed by atoms with van der Waals surface area (Å²) in [5.74, 6) is 0. The van der Waals surface area contributed by atoms with Crippen LogP contribution in [0.1, 0.15) is 12.6 Å². The van der Waals surface area contributed by atoms with E-state index in [4.69, 9.17) is 9.47 Å². The van der Waals surface area contributed by atoms with E-state index in [-0.39, 0.29) is 12.2 Å². The highest BCUT2D eigenvalue weighted by molar-refractivity contribution is 7.15. The van der Waals surface area contributed by atoms with E-state index in [0.29, 0.717) is 13.2 Å². The minimum Gasteiger partial charge on any atom is -0.372 e. The van der Waals surface area contributed by atoms with Crippen molar-refractivity contribution in [2.45, 2.75) is 25.7 Å². The molecule has 1 aliphatic rings. The molecule has 18 heavy (non-hydrogen) atoms. The molecular formula is C12H17N3O2S. The van der Waals surface area contributed by atoms with E-state index in [1.54, 1.807) is 11.3 Å². The number of imidazole rings is 1. The molecular weight excluding hydrogens is 250 g/mol. The summed E-state index contributed by atoms with van der Waals surface area (Å²) in [4.78, 5) is 5.48. The fourth-order valence-corrected chi connectivity index (χ4v) is 2.83. The van der Waals surface area contributed by atoms with Gasteiger partial charge in [-0.2, -0.15) is 0 Å². The number of nitrogens with zero attached hydrogens (tertiary/aromatic N) is 2. The lowest BCUT2D eigenvalue weighted by Crippen LogP contribution is -2.45. The van der Waals surface area contributed by atoms with Crippen LogP contribution in [-0.4, -0.2) is 41.3 Å². The van der Waals surface area contributed by atoms with Gasteiger partial charge in [-0.25, -0.2) is 4.98 Å². The van der Waals surface area contributed by atoms with Crippen LogP contribution in [0.15, 0.2) is 17.8 Å². The van der Waals surface area contributed by atoms with Crippen LogP contribution < -0.4 is 5.32 Å². The van der Waals surface area contributed by atoms with Crippen molar-refractivity contribution in [2.24, 2.45) is 0 Å². The number of aromatic nitrogens is 2. The summed E-state index contributed by atoms with van der Waals surface area (Å²) in [5.41, 5.74) is 0.971. The lowest BCUT2D eigenvalue weighted by molar-refractivity contribution is -0.0719. The van der Waals surface area contributed by atoms with Gasteiger partial charge in [0.05, 0.1) is 31.1 Å². The molecule has 2 aromatic heterocycles. The zero-order chi connectivity index (χ0) is 12.4. The van der Waals surface area contributed by atoms with Gasteiger partial charge in [-0.3, -0.25) is 4.40 Å². The van der Waals surface area contributed by atoms with Crippen LogP contribution in [0.5, 0.6) is 0 Å². The topological polar surface area (TPSA) is 47.8 Å². The van der Waals surface area contributed by atoms with Crippen LogP contribution in [0, 0.1) is 0 Å². The van der Waals surface area contributed by atoms with E-state index < -0.39 is 0 Å². The first kappa shape index (κ1) is 12.1. The number of fused-ring (bicyclic) bond motifs is 1. The Labute approximate surface area is 110 Å². The molecule has 2 aromatic rings. The van der Waals surface area contributed by atoms with Crippen molar-refractivity contribution in [3.63, 3.8) is 0 Å². The van der Waals surface area contributed by atoms with E-state index in [0.717, 1.165) is 23.7 Å². The molecule has 6 heteroatoms. The van der Waals surface area contributed by atoms with Crippen molar-refractivity contribution in [2.75, 3.05) is 19.7 Å². The lowest BCUT2D eigenvalue weighted by atomic mass is 10.2. The van der Waals surface area contributed by atoms with Crippen LogP contribution in [0.4, 0.5) is 0 Å². The molecule has 1 saturated heterocycles. The Hall–Kier alpha value is -0.950. The van der Waals surface area contributed by atoms with Crippen LogP contribution >= 0.6 is 11.3 Å². The van der Waals surface area contributed by atoms with Crippen molar-refractivity contribution >= 4 is 16.3 Å². The fourth-order valence-electron chi connectivity index (χ4n) is 2.11. The van der Waals surface area contributed by atoms with Gasteiger partial charge in [0.1, 0.15) is 0 Å². The zero-order valence-corrected chi connectivity index (χ0v) is 11.2. The molecule has 0 bridgehead atoms. The zero-order valence-electron chi connectivity index (χ0n) is 10.3. The SMILES string of the molecule is CC1CNCC(COCc2cn3ccsc3n2)O1. The first-order valence-electron chi connectivity index (χ1n) is 6.16.